The maximum atomic E-state index is 12.8. The van der Waals surface area contributed by atoms with Crippen molar-refractivity contribution in [1.29, 1.82) is 0 Å². The number of thiazole rings is 1. The number of nitrogens with one attached hydrogen (secondary N) is 2. The first-order valence-corrected chi connectivity index (χ1v) is 12.5. The van der Waals surface area contributed by atoms with Crippen LogP contribution >= 0.6 is 11.3 Å². The molecule has 6 rings (SSSR count). The molecule has 1 amide bonds. The number of benzene rings is 2. The molecule has 0 bridgehead atoms. The van der Waals surface area contributed by atoms with Crippen LogP contribution in [0.25, 0.3) is 11.0 Å². The quantitative estimate of drug-likeness (QED) is 0.449. The predicted molar refractivity (Wildman–Crippen MR) is 130 cm³/mol. The van der Waals surface area contributed by atoms with Gasteiger partial charge in [0.2, 0.25) is 0 Å². The normalized spacial score (nSPS) is 17.8. The molecule has 168 valence electrons. The number of imidazole rings is 1. The lowest BCUT2D eigenvalue weighted by molar-refractivity contribution is 0.0951. The van der Waals surface area contributed by atoms with Crippen molar-refractivity contribution < 1.29 is 4.79 Å². The number of nitrogens with zero attached hydrogens (tertiary/aromatic N) is 2. The van der Waals surface area contributed by atoms with Crippen molar-refractivity contribution >= 4 is 28.3 Å². The average Bonchev–Trinajstić information content (AvgIpc) is 3.48. The van der Waals surface area contributed by atoms with Gasteiger partial charge in [0.15, 0.2) is 0 Å². The van der Waals surface area contributed by atoms with Gasteiger partial charge in [-0.2, -0.15) is 0 Å². The molecule has 2 N–H and O–H groups in total. The Labute approximate surface area is 195 Å². The van der Waals surface area contributed by atoms with Crippen molar-refractivity contribution in [1.82, 2.24) is 19.9 Å². The number of carbonyl (C=O) groups excluding carboxylic acids is 1. The lowest BCUT2D eigenvalue weighted by Crippen LogP contribution is -2.22. The average molecular weight is 459 g/mol. The summed E-state index contributed by atoms with van der Waals surface area (Å²) in [6.45, 7) is 1.17. The molecule has 4 aromatic rings. The second kappa shape index (κ2) is 8.30. The zero-order valence-electron chi connectivity index (χ0n) is 18.3. The summed E-state index contributed by atoms with van der Waals surface area (Å²) in [5.74, 6) is 1.00. The third-order valence-electron chi connectivity index (χ3n) is 6.83. The van der Waals surface area contributed by atoms with Gasteiger partial charge in [-0.05, 0) is 67.7 Å². The number of hydrogen-bond donors (Lipinski definition) is 2. The minimum absolute atomic E-state index is 0.100. The SMILES string of the molecule is O=C(NCc1nc2c(s1)CC(c1ccccc1)CC2)c1ccc2c(c1)[nH]c(=O)n2CC1CC1. The molecule has 1 fully saturated rings. The van der Waals surface area contributed by atoms with Gasteiger partial charge in [0.05, 0.1) is 23.3 Å². The van der Waals surface area contributed by atoms with E-state index >= 15 is 0 Å². The van der Waals surface area contributed by atoms with E-state index < -0.39 is 0 Å². The highest BCUT2D eigenvalue weighted by Gasteiger charge is 2.25. The lowest BCUT2D eigenvalue weighted by atomic mass is 9.85. The highest BCUT2D eigenvalue weighted by molar-refractivity contribution is 7.11. The summed E-state index contributed by atoms with van der Waals surface area (Å²) in [4.78, 5) is 34.1. The summed E-state index contributed by atoms with van der Waals surface area (Å²) in [5.41, 5.74) is 4.61. The van der Waals surface area contributed by atoms with Gasteiger partial charge in [0.1, 0.15) is 5.01 Å². The largest absolute Gasteiger partial charge is 0.346 e. The molecule has 0 aliphatic heterocycles. The maximum absolute atomic E-state index is 12.8. The van der Waals surface area contributed by atoms with E-state index in [1.54, 1.807) is 28.0 Å². The van der Waals surface area contributed by atoms with Crippen LogP contribution in [0, 0.1) is 5.92 Å². The minimum Gasteiger partial charge on any atom is -0.346 e. The molecule has 33 heavy (non-hydrogen) atoms. The first-order valence-electron chi connectivity index (χ1n) is 11.7. The zero-order chi connectivity index (χ0) is 22.4. The van der Waals surface area contributed by atoms with Crippen LogP contribution < -0.4 is 11.0 Å². The molecule has 1 saturated carbocycles. The molecule has 1 atom stereocenters. The first-order chi connectivity index (χ1) is 16.1. The molecular weight excluding hydrogens is 432 g/mol. The predicted octanol–water partition coefficient (Wildman–Crippen LogP) is 4.40. The van der Waals surface area contributed by atoms with Gasteiger partial charge in [0, 0.05) is 17.0 Å². The third-order valence-corrected chi connectivity index (χ3v) is 7.95. The fraction of sp³-hybridized carbons (Fsp3) is 0.346. The van der Waals surface area contributed by atoms with E-state index in [1.807, 2.05) is 6.07 Å². The number of aromatic amines is 1. The standard InChI is InChI=1S/C26H26N4O2S/c31-25(19-9-11-22-21(12-19)29-26(32)30(22)15-16-6-7-16)27-14-24-28-20-10-8-18(13-23(20)33-24)17-4-2-1-3-5-17/h1-5,9,11-12,16,18H,6-8,10,13-15H2,(H,27,31)(H,29,32). The summed E-state index contributed by atoms with van der Waals surface area (Å²) >= 11 is 1.71. The van der Waals surface area contributed by atoms with E-state index in [0.717, 1.165) is 36.3 Å². The summed E-state index contributed by atoms with van der Waals surface area (Å²) in [5, 5.41) is 3.96. The van der Waals surface area contributed by atoms with E-state index in [1.165, 1.54) is 29.0 Å². The molecule has 0 saturated heterocycles. The van der Waals surface area contributed by atoms with E-state index in [0.29, 0.717) is 29.5 Å². The highest BCUT2D eigenvalue weighted by Crippen LogP contribution is 2.35. The smallest absolute Gasteiger partial charge is 0.326 e. The molecule has 2 heterocycles. The lowest BCUT2D eigenvalue weighted by Gasteiger charge is -2.21. The van der Waals surface area contributed by atoms with Crippen LogP contribution in [-0.2, 0) is 25.9 Å². The number of aryl methyl sites for hydroxylation is 1. The number of carbonyl (C=O) groups is 1. The molecule has 2 aliphatic carbocycles. The van der Waals surface area contributed by atoms with Crippen molar-refractivity contribution in [2.45, 2.75) is 51.1 Å². The van der Waals surface area contributed by atoms with Crippen molar-refractivity contribution in [3.63, 3.8) is 0 Å². The van der Waals surface area contributed by atoms with Crippen LogP contribution in [-0.4, -0.2) is 20.4 Å². The molecule has 2 aliphatic rings. The molecule has 2 aromatic carbocycles. The number of aromatic nitrogens is 3. The van der Waals surface area contributed by atoms with Gasteiger partial charge in [0.25, 0.3) is 5.91 Å². The fourth-order valence-corrected chi connectivity index (χ4v) is 5.95. The van der Waals surface area contributed by atoms with E-state index in [9.17, 15) is 9.59 Å². The highest BCUT2D eigenvalue weighted by atomic mass is 32.1. The third kappa shape index (κ3) is 4.13. The second-order valence-corrected chi connectivity index (χ2v) is 10.4. The summed E-state index contributed by atoms with van der Waals surface area (Å²) in [6.07, 6.45) is 5.50. The fourth-order valence-electron chi connectivity index (χ4n) is 4.82. The molecule has 6 nitrogen and oxygen atoms in total. The molecule has 0 radical (unpaired) electrons. The van der Waals surface area contributed by atoms with Crippen molar-refractivity contribution in [2.75, 3.05) is 0 Å². The van der Waals surface area contributed by atoms with Crippen molar-refractivity contribution in [2.24, 2.45) is 5.92 Å². The van der Waals surface area contributed by atoms with Gasteiger partial charge in [-0.15, -0.1) is 11.3 Å². The number of rotatable bonds is 6. The van der Waals surface area contributed by atoms with Gasteiger partial charge in [-0.25, -0.2) is 9.78 Å². The Kier molecular flexibility index (Phi) is 5.14. The van der Waals surface area contributed by atoms with Crippen molar-refractivity contribution in [3.8, 4) is 0 Å². The molecule has 2 aromatic heterocycles. The zero-order valence-corrected chi connectivity index (χ0v) is 19.2. The maximum Gasteiger partial charge on any atom is 0.326 e. The Hall–Kier alpha value is -3.19. The van der Waals surface area contributed by atoms with Crippen molar-refractivity contribution in [3.05, 3.63) is 85.7 Å². The van der Waals surface area contributed by atoms with Gasteiger partial charge in [-0.1, -0.05) is 30.3 Å². The summed E-state index contributed by atoms with van der Waals surface area (Å²) in [7, 11) is 0. The van der Waals surface area contributed by atoms with Crippen LogP contribution in [0.15, 0.2) is 53.3 Å². The first kappa shape index (κ1) is 20.4. The topological polar surface area (TPSA) is 79.8 Å². The molecule has 1 unspecified atom stereocenters. The Balaban J connectivity index is 1.13. The van der Waals surface area contributed by atoms with Crippen LogP contribution in [0.3, 0.4) is 0 Å². The van der Waals surface area contributed by atoms with Gasteiger partial charge in [-0.3, -0.25) is 9.36 Å². The van der Waals surface area contributed by atoms with Crippen LogP contribution in [0.2, 0.25) is 0 Å². The number of fused-ring (bicyclic) bond motifs is 2. The summed E-state index contributed by atoms with van der Waals surface area (Å²) < 4.78 is 1.79. The Bertz CT molecular complexity index is 1380. The van der Waals surface area contributed by atoms with Crippen LogP contribution in [0.1, 0.15) is 56.7 Å². The number of H-pyrrole nitrogens is 1. The second-order valence-electron chi connectivity index (χ2n) is 9.23. The molecular formula is C26H26N4O2S. The van der Waals surface area contributed by atoms with Gasteiger partial charge < -0.3 is 10.3 Å². The molecule has 7 heteroatoms. The van der Waals surface area contributed by atoms with Crippen LogP contribution in [0.4, 0.5) is 0 Å². The van der Waals surface area contributed by atoms with Gasteiger partial charge >= 0.3 is 5.69 Å². The number of amides is 1. The Morgan fingerprint density at radius 1 is 1.15 bits per heavy atom. The van der Waals surface area contributed by atoms with E-state index in [4.69, 9.17) is 4.98 Å². The monoisotopic (exact) mass is 458 g/mol. The van der Waals surface area contributed by atoms with E-state index in [-0.39, 0.29) is 11.6 Å². The molecule has 0 spiro atoms. The minimum atomic E-state index is -0.150. The summed E-state index contributed by atoms with van der Waals surface area (Å²) in [6, 6.07) is 16.1. The Morgan fingerprint density at radius 2 is 2.00 bits per heavy atom. The number of hydrogen-bond acceptors (Lipinski definition) is 4. The van der Waals surface area contributed by atoms with E-state index in [2.05, 4.69) is 40.6 Å². The van der Waals surface area contributed by atoms with Crippen LogP contribution in [0.5, 0.6) is 0 Å². The Morgan fingerprint density at radius 3 is 2.82 bits per heavy atom.